The molecule has 1 saturated heterocycles. The molecule has 1 aliphatic carbocycles. The van der Waals surface area contributed by atoms with Crippen LogP contribution in [0.15, 0.2) is 29.2 Å². The molecule has 0 bridgehead atoms. The van der Waals surface area contributed by atoms with Gasteiger partial charge in [0.1, 0.15) is 0 Å². The molecule has 1 aliphatic heterocycles. The zero-order chi connectivity index (χ0) is 16.3. The summed E-state index contributed by atoms with van der Waals surface area (Å²) in [6.07, 6.45) is 5.70. The van der Waals surface area contributed by atoms with Crippen molar-refractivity contribution in [3.05, 3.63) is 29.8 Å². The van der Waals surface area contributed by atoms with Crippen LogP contribution in [-0.2, 0) is 9.84 Å². The molecule has 0 spiro atoms. The van der Waals surface area contributed by atoms with E-state index < -0.39 is 9.84 Å². The van der Waals surface area contributed by atoms with Crippen molar-refractivity contribution in [3.8, 4) is 0 Å². The van der Waals surface area contributed by atoms with Crippen molar-refractivity contribution in [1.82, 2.24) is 10.6 Å². The summed E-state index contributed by atoms with van der Waals surface area (Å²) in [6.45, 7) is 1.62. The maximum Gasteiger partial charge on any atom is 0.251 e. The van der Waals surface area contributed by atoms with Crippen LogP contribution in [0.25, 0.3) is 0 Å². The van der Waals surface area contributed by atoms with Crippen LogP contribution in [0.4, 0.5) is 0 Å². The van der Waals surface area contributed by atoms with Crippen molar-refractivity contribution in [2.45, 2.75) is 54.7 Å². The predicted molar refractivity (Wildman–Crippen MR) is 89.2 cm³/mol. The number of amides is 1. The lowest BCUT2D eigenvalue weighted by molar-refractivity contribution is 0.0950. The van der Waals surface area contributed by atoms with Gasteiger partial charge in [-0.2, -0.15) is 0 Å². The van der Waals surface area contributed by atoms with Crippen molar-refractivity contribution < 1.29 is 13.2 Å². The standard InChI is InChI=1S/C17H24N2O3S/c20-17(19-12-14-4-3-11-18-14)13-7-9-16(10-8-13)23(21,22)15-5-1-2-6-15/h7-10,14-15,18H,1-6,11-12H2,(H,19,20). The first-order chi connectivity index (χ1) is 11.1. The van der Waals surface area contributed by atoms with E-state index in [0.717, 1.165) is 45.1 Å². The molecular weight excluding hydrogens is 312 g/mol. The Morgan fingerprint density at radius 2 is 1.78 bits per heavy atom. The van der Waals surface area contributed by atoms with E-state index >= 15 is 0 Å². The van der Waals surface area contributed by atoms with Gasteiger partial charge in [-0.05, 0) is 56.5 Å². The Morgan fingerprint density at radius 3 is 2.39 bits per heavy atom. The van der Waals surface area contributed by atoms with Crippen LogP contribution in [0, 0.1) is 0 Å². The Balaban J connectivity index is 1.63. The third kappa shape index (κ3) is 3.75. The number of hydrogen-bond acceptors (Lipinski definition) is 4. The van der Waals surface area contributed by atoms with Crippen LogP contribution in [0.1, 0.15) is 48.9 Å². The molecular formula is C17H24N2O3S. The lowest BCUT2D eigenvalue weighted by Gasteiger charge is -2.13. The van der Waals surface area contributed by atoms with Crippen molar-refractivity contribution in [3.63, 3.8) is 0 Å². The van der Waals surface area contributed by atoms with Gasteiger partial charge in [-0.1, -0.05) is 12.8 Å². The SMILES string of the molecule is O=C(NCC1CCCN1)c1ccc(S(=O)(=O)C2CCCC2)cc1. The van der Waals surface area contributed by atoms with Crippen molar-refractivity contribution >= 4 is 15.7 Å². The third-order valence-electron chi connectivity index (χ3n) is 4.86. The molecule has 6 heteroatoms. The van der Waals surface area contributed by atoms with Gasteiger partial charge in [0, 0.05) is 18.2 Å². The number of sulfone groups is 1. The topological polar surface area (TPSA) is 75.3 Å². The highest BCUT2D eigenvalue weighted by Gasteiger charge is 2.30. The van der Waals surface area contributed by atoms with E-state index in [-0.39, 0.29) is 11.2 Å². The average molecular weight is 336 g/mol. The normalized spacial score (nSPS) is 22.3. The molecule has 2 aliphatic rings. The number of benzene rings is 1. The Labute approximate surface area is 137 Å². The van der Waals surface area contributed by atoms with Crippen LogP contribution >= 0.6 is 0 Å². The second-order valence-corrected chi connectivity index (χ2v) is 8.71. The molecule has 1 amide bonds. The molecule has 1 atom stereocenters. The third-order valence-corrected chi connectivity index (χ3v) is 7.14. The summed E-state index contributed by atoms with van der Waals surface area (Å²) in [5, 5.41) is 5.98. The van der Waals surface area contributed by atoms with Gasteiger partial charge >= 0.3 is 0 Å². The molecule has 23 heavy (non-hydrogen) atoms. The highest BCUT2D eigenvalue weighted by molar-refractivity contribution is 7.92. The van der Waals surface area contributed by atoms with Gasteiger partial charge in [-0.3, -0.25) is 4.79 Å². The zero-order valence-corrected chi connectivity index (χ0v) is 14.1. The summed E-state index contributed by atoms with van der Waals surface area (Å²) in [5.41, 5.74) is 0.508. The molecule has 1 saturated carbocycles. The minimum atomic E-state index is -3.25. The maximum absolute atomic E-state index is 12.5. The molecule has 1 aromatic rings. The fourth-order valence-electron chi connectivity index (χ4n) is 3.44. The van der Waals surface area contributed by atoms with Crippen molar-refractivity contribution in [2.75, 3.05) is 13.1 Å². The number of nitrogens with one attached hydrogen (secondary N) is 2. The van der Waals surface area contributed by atoms with Crippen molar-refractivity contribution in [2.24, 2.45) is 0 Å². The molecule has 1 heterocycles. The molecule has 0 aromatic heterocycles. The number of carbonyl (C=O) groups excluding carboxylic acids is 1. The first-order valence-electron chi connectivity index (χ1n) is 8.43. The lowest BCUT2D eigenvalue weighted by atomic mass is 10.2. The minimum absolute atomic E-state index is 0.150. The van der Waals surface area contributed by atoms with E-state index in [0.29, 0.717) is 23.0 Å². The summed E-state index contributed by atoms with van der Waals surface area (Å²) in [7, 11) is -3.25. The lowest BCUT2D eigenvalue weighted by Crippen LogP contribution is -2.37. The Morgan fingerprint density at radius 1 is 1.09 bits per heavy atom. The highest BCUT2D eigenvalue weighted by Crippen LogP contribution is 2.29. The molecule has 1 aromatic carbocycles. The predicted octanol–water partition coefficient (Wildman–Crippen LogP) is 1.88. The van der Waals surface area contributed by atoms with Gasteiger partial charge in [0.25, 0.3) is 5.91 Å². The fourth-order valence-corrected chi connectivity index (χ4v) is 5.29. The van der Waals surface area contributed by atoms with Gasteiger partial charge in [-0.15, -0.1) is 0 Å². The van der Waals surface area contributed by atoms with E-state index in [1.807, 2.05) is 0 Å². The molecule has 5 nitrogen and oxygen atoms in total. The monoisotopic (exact) mass is 336 g/mol. The van der Waals surface area contributed by atoms with Crippen LogP contribution < -0.4 is 10.6 Å². The van der Waals surface area contributed by atoms with Gasteiger partial charge in [0.15, 0.2) is 9.84 Å². The van der Waals surface area contributed by atoms with E-state index in [9.17, 15) is 13.2 Å². The summed E-state index contributed by atoms with van der Waals surface area (Å²) in [5.74, 6) is -0.150. The molecule has 3 rings (SSSR count). The Kier molecular flexibility index (Phi) is 5.02. The summed E-state index contributed by atoms with van der Waals surface area (Å²) in [6, 6.07) is 6.70. The molecule has 1 unspecified atom stereocenters. The summed E-state index contributed by atoms with van der Waals surface area (Å²) < 4.78 is 25.0. The van der Waals surface area contributed by atoms with Crippen LogP contribution in [0.3, 0.4) is 0 Å². The van der Waals surface area contributed by atoms with Crippen LogP contribution in [0.5, 0.6) is 0 Å². The highest BCUT2D eigenvalue weighted by atomic mass is 32.2. The quantitative estimate of drug-likeness (QED) is 0.861. The van der Waals surface area contributed by atoms with Crippen molar-refractivity contribution in [1.29, 1.82) is 0 Å². The average Bonchev–Trinajstić information content (AvgIpc) is 3.26. The van der Waals surface area contributed by atoms with E-state index in [4.69, 9.17) is 0 Å². The molecule has 2 fully saturated rings. The number of rotatable bonds is 5. The zero-order valence-electron chi connectivity index (χ0n) is 13.3. The largest absolute Gasteiger partial charge is 0.350 e. The first-order valence-corrected chi connectivity index (χ1v) is 9.97. The van der Waals surface area contributed by atoms with Gasteiger partial charge < -0.3 is 10.6 Å². The fraction of sp³-hybridized carbons (Fsp3) is 0.588. The Bertz CT molecular complexity index is 643. The van der Waals surface area contributed by atoms with E-state index in [2.05, 4.69) is 10.6 Å². The van der Waals surface area contributed by atoms with E-state index in [1.165, 1.54) is 0 Å². The Hall–Kier alpha value is -1.40. The smallest absolute Gasteiger partial charge is 0.251 e. The molecule has 0 radical (unpaired) electrons. The molecule has 126 valence electrons. The van der Waals surface area contributed by atoms with Gasteiger partial charge in [0.2, 0.25) is 0 Å². The number of carbonyl (C=O) groups is 1. The minimum Gasteiger partial charge on any atom is -0.350 e. The first kappa shape index (κ1) is 16.5. The number of hydrogen-bond donors (Lipinski definition) is 2. The van der Waals surface area contributed by atoms with Crippen LogP contribution in [0.2, 0.25) is 0 Å². The van der Waals surface area contributed by atoms with Crippen LogP contribution in [-0.4, -0.2) is 38.7 Å². The van der Waals surface area contributed by atoms with E-state index in [1.54, 1.807) is 24.3 Å². The second-order valence-electron chi connectivity index (χ2n) is 6.48. The molecule has 2 N–H and O–H groups in total. The van der Waals surface area contributed by atoms with Gasteiger partial charge in [0.05, 0.1) is 10.1 Å². The van der Waals surface area contributed by atoms with Gasteiger partial charge in [-0.25, -0.2) is 8.42 Å². The summed E-state index contributed by atoms with van der Waals surface area (Å²) in [4.78, 5) is 12.5. The maximum atomic E-state index is 12.5. The second kappa shape index (κ2) is 7.01. The summed E-state index contributed by atoms with van der Waals surface area (Å²) >= 11 is 0.